The fraction of sp³-hybridized carbons (Fsp3) is 0. The number of aromatic nitrogens is 4. The maximum Gasteiger partial charge on any atom is 0.0725 e. The molecule has 0 aliphatic rings. The zero-order valence-corrected chi connectivity index (χ0v) is 20.5. The third-order valence-electron chi connectivity index (χ3n) is 6.90. The van der Waals surface area contributed by atoms with Gasteiger partial charge in [-0.1, -0.05) is 54.6 Å². The topological polar surface area (TPSA) is 51.6 Å². The van der Waals surface area contributed by atoms with E-state index in [4.69, 9.17) is 4.98 Å². The number of fused-ring (bicyclic) bond motifs is 2. The van der Waals surface area contributed by atoms with E-state index in [1.165, 1.54) is 16.3 Å². The molecule has 0 atom stereocenters. The summed E-state index contributed by atoms with van der Waals surface area (Å²) in [6, 6.07) is 35.6. The van der Waals surface area contributed by atoms with Crippen molar-refractivity contribution < 1.29 is 0 Å². The van der Waals surface area contributed by atoms with Crippen molar-refractivity contribution in [2.45, 2.75) is 0 Å². The molecule has 4 aromatic heterocycles. The Balaban J connectivity index is 1.51. The summed E-state index contributed by atoms with van der Waals surface area (Å²) in [4.78, 5) is 18.3. The number of benzene rings is 3. The standard InChI is InChI=1S/C34H22N4/c1-3-12-28-26(10-1)33(23-16-19-37-32(20-23)25-9-7-18-36-22-25)27-11-2-4-13-29(27)34(28)31-15-5-14-30(38-31)24-8-6-17-35-21-24/h1-22H. The van der Waals surface area contributed by atoms with Crippen LogP contribution in [0.15, 0.2) is 134 Å². The molecule has 0 aliphatic heterocycles. The molecule has 0 N–H and O–H groups in total. The molecule has 4 heteroatoms. The Morgan fingerprint density at radius 1 is 0.395 bits per heavy atom. The molecular formula is C34H22N4. The van der Waals surface area contributed by atoms with Crippen LogP contribution in [0.2, 0.25) is 0 Å². The zero-order chi connectivity index (χ0) is 25.3. The van der Waals surface area contributed by atoms with Crippen LogP contribution in [0.1, 0.15) is 0 Å². The summed E-state index contributed by atoms with van der Waals surface area (Å²) >= 11 is 0. The predicted octanol–water partition coefficient (Wildman–Crippen LogP) is 8.24. The van der Waals surface area contributed by atoms with Crippen LogP contribution in [-0.2, 0) is 0 Å². The Kier molecular flexibility index (Phi) is 5.41. The molecule has 0 spiro atoms. The Labute approximate surface area is 220 Å². The van der Waals surface area contributed by atoms with Gasteiger partial charge in [-0.05, 0) is 81.2 Å². The Morgan fingerprint density at radius 2 is 0.974 bits per heavy atom. The van der Waals surface area contributed by atoms with Gasteiger partial charge in [-0.15, -0.1) is 0 Å². The van der Waals surface area contributed by atoms with Crippen LogP contribution in [0.4, 0.5) is 0 Å². The highest BCUT2D eigenvalue weighted by molar-refractivity contribution is 6.21. The minimum absolute atomic E-state index is 0.902. The third kappa shape index (κ3) is 3.80. The SMILES string of the molecule is c1cncc(-c2cc(-c3c4ccccc4c(-c4cccc(-c5cccnc5)n4)c4ccccc34)ccn2)c1. The van der Waals surface area contributed by atoms with Gasteiger partial charge in [0.15, 0.2) is 0 Å². The molecule has 7 rings (SSSR count). The van der Waals surface area contributed by atoms with Crippen molar-refractivity contribution in [3.8, 4) is 44.9 Å². The molecule has 0 bridgehead atoms. The summed E-state index contributed by atoms with van der Waals surface area (Å²) in [5, 5.41) is 4.68. The highest BCUT2D eigenvalue weighted by Gasteiger charge is 2.18. The molecule has 4 nitrogen and oxygen atoms in total. The van der Waals surface area contributed by atoms with E-state index >= 15 is 0 Å². The van der Waals surface area contributed by atoms with E-state index in [-0.39, 0.29) is 0 Å². The molecule has 0 unspecified atom stereocenters. The van der Waals surface area contributed by atoms with E-state index in [0.29, 0.717) is 0 Å². The monoisotopic (exact) mass is 486 g/mol. The molecule has 0 saturated carbocycles. The molecule has 4 heterocycles. The highest BCUT2D eigenvalue weighted by Crippen LogP contribution is 2.43. The van der Waals surface area contributed by atoms with Crippen molar-refractivity contribution in [3.63, 3.8) is 0 Å². The van der Waals surface area contributed by atoms with Crippen LogP contribution < -0.4 is 0 Å². The molecule has 0 fully saturated rings. The van der Waals surface area contributed by atoms with E-state index in [9.17, 15) is 0 Å². The summed E-state index contributed by atoms with van der Waals surface area (Å²) in [5.74, 6) is 0. The summed E-state index contributed by atoms with van der Waals surface area (Å²) in [7, 11) is 0. The first-order chi connectivity index (χ1) is 18.9. The molecule has 0 amide bonds. The lowest BCUT2D eigenvalue weighted by molar-refractivity contribution is 1.28. The van der Waals surface area contributed by atoms with Gasteiger partial charge in [0, 0.05) is 47.7 Å². The van der Waals surface area contributed by atoms with Crippen LogP contribution in [-0.4, -0.2) is 19.9 Å². The van der Waals surface area contributed by atoms with Crippen molar-refractivity contribution in [2.24, 2.45) is 0 Å². The first-order valence-corrected chi connectivity index (χ1v) is 12.5. The zero-order valence-electron chi connectivity index (χ0n) is 20.5. The van der Waals surface area contributed by atoms with Crippen molar-refractivity contribution in [3.05, 3.63) is 134 Å². The van der Waals surface area contributed by atoms with E-state index in [2.05, 4.69) is 87.7 Å². The number of hydrogen-bond donors (Lipinski definition) is 0. The van der Waals surface area contributed by atoms with E-state index < -0.39 is 0 Å². The van der Waals surface area contributed by atoms with Gasteiger partial charge in [-0.25, -0.2) is 4.98 Å². The summed E-state index contributed by atoms with van der Waals surface area (Å²) in [5.41, 5.74) is 8.19. The predicted molar refractivity (Wildman–Crippen MR) is 154 cm³/mol. The second kappa shape index (κ2) is 9.34. The van der Waals surface area contributed by atoms with Crippen molar-refractivity contribution in [1.29, 1.82) is 0 Å². The fourth-order valence-electron chi connectivity index (χ4n) is 5.22. The number of rotatable bonds is 4. The molecule has 0 saturated heterocycles. The fourth-order valence-corrected chi connectivity index (χ4v) is 5.22. The molecule has 3 aromatic carbocycles. The highest BCUT2D eigenvalue weighted by atomic mass is 14.7. The molecular weight excluding hydrogens is 464 g/mol. The number of nitrogens with zero attached hydrogens (tertiary/aromatic N) is 4. The van der Waals surface area contributed by atoms with Crippen molar-refractivity contribution in [1.82, 2.24) is 19.9 Å². The van der Waals surface area contributed by atoms with Gasteiger partial charge in [0.25, 0.3) is 0 Å². The molecule has 7 aromatic rings. The number of pyridine rings is 4. The second-order valence-corrected chi connectivity index (χ2v) is 9.16. The van der Waals surface area contributed by atoms with Gasteiger partial charge in [0.05, 0.1) is 17.1 Å². The lowest BCUT2D eigenvalue weighted by Crippen LogP contribution is -1.94. The Morgan fingerprint density at radius 3 is 1.58 bits per heavy atom. The maximum atomic E-state index is 5.11. The van der Waals surface area contributed by atoms with Crippen LogP contribution in [0.25, 0.3) is 66.4 Å². The van der Waals surface area contributed by atoms with Gasteiger partial charge < -0.3 is 0 Å². The average Bonchev–Trinajstić information content (AvgIpc) is 3.01. The first-order valence-electron chi connectivity index (χ1n) is 12.5. The summed E-state index contributed by atoms with van der Waals surface area (Å²) in [6.07, 6.45) is 9.16. The minimum atomic E-state index is 0.902. The quantitative estimate of drug-likeness (QED) is 0.235. The van der Waals surface area contributed by atoms with E-state index in [1.54, 1.807) is 12.4 Å². The second-order valence-electron chi connectivity index (χ2n) is 9.16. The smallest absolute Gasteiger partial charge is 0.0725 e. The molecule has 178 valence electrons. The lowest BCUT2D eigenvalue weighted by atomic mass is 9.87. The van der Waals surface area contributed by atoms with Crippen LogP contribution >= 0.6 is 0 Å². The largest absolute Gasteiger partial charge is 0.264 e. The van der Waals surface area contributed by atoms with Crippen molar-refractivity contribution in [2.75, 3.05) is 0 Å². The van der Waals surface area contributed by atoms with E-state index in [1.807, 2.05) is 48.9 Å². The maximum absolute atomic E-state index is 5.11. The average molecular weight is 487 g/mol. The van der Waals surface area contributed by atoms with Crippen LogP contribution in [0.3, 0.4) is 0 Å². The molecule has 0 aliphatic carbocycles. The molecule has 0 radical (unpaired) electrons. The third-order valence-corrected chi connectivity index (χ3v) is 6.90. The van der Waals surface area contributed by atoms with Crippen molar-refractivity contribution >= 4 is 21.5 Å². The Bertz CT molecular complexity index is 1720. The minimum Gasteiger partial charge on any atom is -0.264 e. The van der Waals surface area contributed by atoms with Gasteiger partial charge in [0.2, 0.25) is 0 Å². The summed E-state index contributed by atoms with van der Waals surface area (Å²) < 4.78 is 0. The first kappa shape index (κ1) is 22.0. The van der Waals surface area contributed by atoms with Gasteiger partial charge in [0.1, 0.15) is 0 Å². The van der Waals surface area contributed by atoms with Crippen LogP contribution in [0, 0.1) is 0 Å². The lowest BCUT2D eigenvalue weighted by Gasteiger charge is -2.18. The molecule has 38 heavy (non-hydrogen) atoms. The van der Waals surface area contributed by atoms with Gasteiger partial charge in [-0.2, -0.15) is 0 Å². The van der Waals surface area contributed by atoms with E-state index in [0.717, 1.165) is 50.1 Å². The van der Waals surface area contributed by atoms with Gasteiger partial charge in [-0.3, -0.25) is 15.0 Å². The van der Waals surface area contributed by atoms with Gasteiger partial charge >= 0.3 is 0 Å². The Hall–Kier alpha value is -5.22. The summed E-state index contributed by atoms with van der Waals surface area (Å²) in [6.45, 7) is 0. The van der Waals surface area contributed by atoms with Crippen LogP contribution in [0.5, 0.6) is 0 Å². The number of hydrogen-bond acceptors (Lipinski definition) is 4. The normalized spacial score (nSPS) is 11.2.